The van der Waals surface area contributed by atoms with Gasteiger partial charge in [0.2, 0.25) is 0 Å². The van der Waals surface area contributed by atoms with Gasteiger partial charge in [0.1, 0.15) is 5.82 Å². The number of aromatic nitrogens is 2. The van der Waals surface area contributed by atoms with Gasteiger partial charge in [-0.15, -0.1) is 11.3 Å². The van der Waals surface area contributed by atoms with Crippen LogP contribution < -0.4 is 5.32 Å². The monoisotopic (exact) mass is 346 g/mol. The molecule has 0 radical (unpaired) electrons. The Morgan fingerprint density at radius 2 is 2.38 bits per heavy atom. The third-order valence-corrected chi connectivity index (χ3v) is 5.78. The van der Waals surface area contributed by atoms with Crippen LogP contribution in [0.5, 0.6) is 0 Å². The topological polar surface area (TPSA) is 50.2 Å². The Bertz CT molecular complexity index is 678. The molecule has 1 fully saturated rings. The fourth-order valence-electron chi connectivity index (χ4n) is 3.37. The number of likely N-dealkylation sites (tertiary alicyclic amines) is 1. The van der Waals surface area contributed by atoms with Crippen LogP contribution in [0, 0.1) is 5.92 Å². The van der Waals surface area contributed by atoms with Gasteiger partial charge in [0.25, 0.3) is 0 Å². The summed E-state index contributed by atoms with van der Waals surface area (Å²) < 4.78 is 2.07. The van der Waals surface area contributed by atoms with Crippen molar-refractivity contribution in [3.8, 4) is 0 Å². The van der Waals surface area contributed by atoms with E-state index in [2.05, 4.69) is 33.2 Å². The highest BCUT2D eigenvalue weighted by molar-refractivity contribution is 7.10. The molecule has 1 N–H and O–H groups in total. The highest BCUT2D eigenvalue weighted by atomic mass is 32.1. The van der Waals surface area contributed by atoms with Crippen LogP contribution in [0.25, 0.3) is 0 Å². The van der Waals surface area contributed by atoms with Crippen LogP contribution in [0.15, 0.2) is 23.8 Å². The van der Waals surface area contributed by atoms with Crippen molar-refractivity contribution in [3.05, 3.63) is 40.1 Å². The minimum absolute atomic E-state index is 0.0648. The zero-order chi connectivity index (χ0) is 16.9. The van der Waals surface area contributed by atoms with Crippen molar-refractivity contribution >= 4 is 17.4 Å². The third kappa shape index (κ3) is 3.98. The summed E-state index contributed by atoms with van der Waals surface area (Å²) >= 11 is 1.72. The number of urea groups is 1. The molecule has 0 aliphatic carbocycles. The second-order valence-electron chi connectivity index (χ2n) is 6.49. The first-order valence-electron chi connectivity index (χ1n) is 8.71. The van der Waals surface area contributed by atoms with Crippen LogP contribution in [-0.2, 0) is 26.4 Å². The molecule has 6 heteroatoms. The van der Waals surface area contributed by atoms with E-state index in [9.17, 15) is 4.79 Å². The molecule has 130 valence electrons. The molecular weight excluding hydrogens is 320 g/mol. The molecule has 5 nitrogen and oxygen atoms in total. The summed E-state index contributed by atoms with van der Waals surface area (Å²) in [6, 6.07) is 2.21. The van der Waals surface area contributed by atoms with Crippen molar-refractivity contribution in [1.29, 1.82) is 0 Å². The first kappa shape index (κ1) is 17.0. The number of thiophene rings is 1. The van der Waals surface area contributed by atoms with Crippen molar-refractivity contribution < 1.29 is 4.79 Å². The lowest BCUT2D eigenvalue weighted by Crippen LogP contribution is -2.45. The molecule has 2 aromatic heterocycles. The molecule has 1 aliphatic rings. The standard InChI is InChI=1S/C18H26N4OS/c1-3-15-6-10-24-16(15)12-20-18(23)22-8-4-5-14(13-22)11-17-19-7-9-21(17)2/h6-7,9-10,14H,3-5,8,11-13H2,1-2H3,(H,20,23)/t14-/m0/s1. The molecule has 0 bridgehead atoms. The molecule has 1 atom stereocenters. The van der Waals surface area contributed by atoms with Gasteiger partial charge >= 0.3 is 6.03 Å². The molecule has 3 rings (SSSR count). The van der Waals surface area contributed by atoms with E-state index in [1.54, 1.807) is 11.3 Å². The van der Waals surface area contributed by atoms with Gasteiger partial charge in [0.15, 0.2) is 0 Å². The minimum Gasteiger partial charge on any atom is -0.338 e. The van der Waals surface area contributed by atoms with E-state index in [1.165, 1.54) is 16.9 Å². The molecule has 3 heterocycles. The average molecular weight is 347 g/mol. The number of hydrogen-bond donors (Lipinski definition) is 1. The van der Waals surface area contributed by atoms with Gasteiger partial charge in [0.05, 0.1) is 6.54 Å². The van der Waals surface area contributed by atoms with E-state index < -0.39 is 0 Å². The van der Waals surface area contributed by atoms with E-state index in [-0.39, 0.29) is 6.03 Å². The summed E-state index contributed by atoms with van der Waals surface area (Å²) in [6.07, 6.45) is 8.02. The normalized spacial score (nSPS) is 17.9. The van der Waals surface area contributed by atoms with Crippen molar-refractivity contribution in [2.24, 2.45) is 13.0 Å². The summed E-state index contributed by atoms with van der Waals surface area (Å²) in [5.74, 6) is 1.60. The van der Waals surface area contributed by atoms with Crippen molar-refractivity contribution in [3.63, 3.8) is 0 Å². The quantitative estimate of drug-likeness (QED) is 0.904. The lowest BCUT2D eigenvalue weighted by Gasteiger charge is -2.32. The van der Waals surface area contributed by atoms with Gasteiger partial charge < -0.3 is 14.8 Å². The van der Waals surface area contributed by atoms with E-state index in [4.69, 9.17) is 0 Å². The Labute approximate surface area is 147 Å². The predicted octanol–water partition coefficient (Wildman–Crippen LogP) is 3.21. The first-order valence-corrected chi connectivity index (χ1v) is 9.59. The van der Waals surface area contributed by atoms with Gasteiger partial charge in [-0.3, -0.25) is 0 Å². The molecule has 2 amide bonds. The molecule has 0 unspecified atom stereocenters. The zero-order valence-corrected chi connectivity index (χ0v) is 15.3. The van der Waals surface area contributed by atoms with E-state index in [1.807, 2.05) is 24.3 Å². The van der Waals surface area contributed by atoms with E-state index in [0.717, 1.165) is 38.2 Å². The Kier molecular flexibility index (Phi) is 5.56. The van der Waals surface area contributed by atoms with E-state index in [0.29, 0.717) is 12.5 Å². The van der Waals surface area contributed by atoms with Gasteiger partial charge in [-0.2, -0.15) is 0 Å². The highest BCUT2D eigenvalue weighted by Crippen LogP contribution is 2.21. The Balaban J connectivity index is 1.52. The number of carbonyl (C=O) groups is 1. The number of nitrogens with zero attached hydrogens (tertiary/aromatic N) is 3. The Hall–Kier alpha value is -1.82. The number of piperidine rings is 1. The van der Waals surface area contributed by atoms with Gasteiger partial charge in [-0.25, -0.2) is 9.78 Å². The predicted molar refractivity (Wildman–Crippen MR) is 97.1 cm³/mol. The van der Waals surface area contributed by atoms with Crippen LogP contribution >= 0.6 is 11.3 Å². The van der Waals surface area contributed by atoms with Crippen LogP contribution in [0.2, 0.25) is 0 Å². The molecule has 0 spiro atoms. The zero-order valence-electron chi connectivity index (χ0n) is 14.5. The van der Waals surface area contributed by atoms with Crippen LogP contribution in [-0.4, -0.2) is 33.6 Å². The SMILES string of the molecule is CCc1ccsc1CNC(=O)N1CCC[C@@H](Cc2nccn2C)C1. The van der Waals surface area contributed by atoms with Crippen LogP contribution in [0.1, 0.15) is 36.0 Å². The second kappa shape index (κ2) is 7.83. The lowest BCUT2D eigenvalue weighted by molar-refractivity contribution is 0.164. The number of imidazole rings is 1. The number of nitrogens with one attached hydrogen (secondary N) is 1. The summed E-state index contributed by atoms with van der Waals surface area (Å²) in [7, 11) is 2.03. The maximum absolute atomic E-state index is 12.5. The summed E-state index contributed by atoms with van der Waals surface area (Å²) in [6.45, 7) is 4.47. The number of hydrogen-bond acceptors (Lipinski definition) is 3. The smallest absolute Gasteiger partial charge is 0.317 e. The summed E-state index contributed by atoms with van der Waals surface area (Å²) in [5, 5.41) is 5.20. The van der Waals surface area contributed by atoms with Crippen molar-refractivity contribution in [2.45, 2.75) is 39.2 Å². The molecule has 24 heavy (non-hydrogen) atoms. The first-order chi connectivity index (χ1) is 11.7. The molecule has 1 aliphatic heterocycles. The molecule has 2 aromatic rings. The second-order valence-corrected chi connectivity index (χ2v) is 7.49. The fourth-order valence-corrected chi connectivity index (χ4v) is 4.29. The molecule has 0 saturated carbocycles. The van der Waals surface area contributed by atoms with Crippen LogP contribution in [0.4, 0.5) is 4.79 Å². The van der Waals surface area contributed by atoms with Crippen molar-refractivity contribution in [2.75, 3.05) is 13.1 Å². The van der Waals surface area contributed by atoms with Gasteiger partial charge in [-0.1, -0.05) is 6.92 Å². The number of aryl methyl sites for hydroxylation is 2. The fraction of sp³-hybridized carbons (Fsp3) is 0.556. The maximum Gasteiger partial charge on any atom is 0.317 e. The van der Waals surface area contributed by atoms with Gasteiger partial charge in [-0.05, 0) is 42.2 Å². The van der Waals surface area contributed by atoms with Gasteiger partial charge in [0, 0.05) is 43.8 Å². The number of amides is 2. The van der Waals surface area contributed by atoms with Crippen molar-refractivity contribution in [1.82, 2.24) is 19.8 Å². The number of rotatable bonds is 5. The highest BCUT2D eigenvalue weighted by Gasteiger charge is 2.24. The molecule has 1 saturated heterocycles. The summed E-state index contributed by atoms with van der Waals surface area (Å²) in [5.41, 5.74) is 1.34. The number of carbonyl (C=O) groups excluding carboxylic acids is 1. The average Bonchev–Trinajstić information content (AvgIpc) is 3.22. The third-order valence-electron chi connectivity index (χ3n) is 4.82. The summed E-state index contributed by atoms with van der Waals surface area (Å²) in [4.78, 5) is 20.2. The minimum atomic E-state index is 0.0648. The molecule has 0 aromatic carbocycles. The largest absolute Gasteiger partial charge is 0.338 e. The lowest BCUT2D eigenvalue weighted by atomic mass is 9.94. The van der Waals surface area contributed by atoms with E-state index >= 15 is 0 Å². The Morgan fingerprint density at radius 3 is 3.12 bits per heavy atom. The maximum atomic E-state index is 12.5. The molecular formula is C18H26N4OS. The Morgan fingerprint density at radius 1 is 1.50 bits per heavy atom. The van der Waals surface area contributed by atoms with Crippen LogP contribution in [0.3, 0.4) is 0 Å².